The van der Waals surface area contributed by atoms with E-state index < -0.39 is 6.04 Å². The maximum absolute atomic E-state index is 13.0. The Morgan fingerprint density at radius 1 is 1.26 bits per heavy atom. The molecule has 0 spiro atoms. The highest BCUT2D eigenvalue weighted by molar-refractivity contribution is 5.90. The molecule has 0 saturated carbocycles. The molecule has 1 saturated heterocycles. The number of pyridine rings is 1. The number of rotatable bonds is 6. The molecule has 1 N–H and O–H groups in total. The van der Waals surface area contributed by atoms with Gasteiger partial charge in [0.2, 0.25) is 5.91 Å². The van der Waals surface area contributed by atoms with Crippen molar-refractivity contribution in [2.45, 2.75) is 18.6 Å². The fourth-order valence-electron chi connectivity index (χ4n) is 3.62. The summed E-state index contributed by atoms with van der Waals surface area (Å²) in [4.78, 5) is 37.0. The number of aromatic nitrogens is 1. The summed E-state index contributed by atoms with van der Waals surface area (Å²) in [5.41, 5.74) is 2.72. The Morgan fingerprint density at radius 3 is 2.74 bits per heavy atom. The van der Waals surface area contributed by atoms with Crippen LogP contribution in [-0.2, 0) is 16.2 Å². The van der Waals surface area contributed by atoms with Crippen LogP contribution in [0, 0.1) is 0 Å². The molecule has 138 valence electrons. The van der Waals surface area contributed by atoms with Gasteiger partial charge in [0.25, 0.3) is 0 Å². The van der Waals surface area contributed by atoms with Gasteiger partial charge in [-0.2, -0.15) is 5.06 Å². The molecule has 0 radical (unpaired) electrons. The molecule has 1 fully saturated rings. The lowest BCUT2D eigenvalue weighted by molar-refractivity contribution is -0.126. The smallest absolute Gasteiger partial charge is 0.345 e. The first-order chi connectivity index (χ1) is 13.2. The number of hydrogen-bond donors (Lipinski definition) is 1. The van der Waals surface area contributed by atoms with E-state index in [1.807, 2.05) is 36.4 Å². The fraction of sp³-hybridized carbons (Fsp3) is 0.250. The number of benzene rings is 1. The quantitative estimate of drug-likeness (QED) is 0.799. The van der Waals surface area contributed by atoms with E-state index in [4.69, 9.17) is 4.84 Å². The molecule has 7 heteroatoms. The summed E-state index contributed by atoms with van der Waals surface area (Å²) in [7, 11) is 0. The average molecular weight is 364 g/mol. The number of carbonyl (C=O) groups excluding carboxylic acids is 2. The number of nitrogens with one attached hydrogen (secondary N) is 1. The number of carbonyl (C=O) groups is 2. The lowest BCUT2D eigenvalue weighted by Crippen LogP contribution is -2.43. The van der Waals surface area contributed by atoms with E-state index >= 15 is 0 Å². The zero-order valence-electron chi connectivity index (χ0n) is 14.7. The highest BCUT2D eigenvalue weighted by Gasteiger charge is 2.50. The molecule has 0 unspecified atom stereocenters. The van der Waals surface area contributed by atoms with E-state index in [1.165, 1.54) is 5.06 Å². The zero-order valence-corrected chi connectivity index (χ0v) is 14.7. The Balaban J connectivity index is 1.60. The van der Waals surface area contributed by atoms with Crippen LogP contribution >= 0.6 is 0 Å². The van der Waals surface area contributed by atoms with Gasteiger partial charge < -0.3 is 10.2 Å². The van der Waals surface area contributed by atoms with E-state index in [2.05, 4.69) is 16.9 Å². The van der Waals surface area contributed by atoms with Gasteiger partial charge in [-0.3, -0.25) is 14.6 Å². The van der Waals surface area contributed by atoms with Crippen molar-refractivity contribution in [3.8, 4) is 0 Å². The third-order valence-electron chi connectivity index (χ3n) is 4.84. The van der Waals surface area contributed by atoms with Gasteiger partial charge >= 0.3 is 6.03 Å². The summed E-state index contributed by atoms with van der Waals surface area (Å²) in [5, 5.41) is 4.29. The van der Waals surface area contributed by atoms with Gasteiger partial charge in [0.15, 0.2) is 0 Å². The van der Waals surface area contributed by atoms with Gasteiger partial charge in [-0.1, -0.05) is 30.3 Å². The van der Waals surface area contributed by atoms with Crippen molar-refractivity contribution >= 4 is 11.9 Å². The summed E-state index contributed by atoms with van der Waals surface area (Å²) >= 11 is 0. The highest BCUT2D eigenvalue weighted by atomic mass is 16.7. The SMILES string of the molecule is C=CCON1C(=O)N2C[C@@H]1c1ccccc1[C@@H]2C(=O)NCc1ccncc1. The molecule has 2 aliphatic rings. The number of amides is 3. The summed E-state index contributed by atoms with van der Waals surface area (Å²) < 4.78 is 0. The largest absolute Gasteiger partial charge is 0.350 e. The maximum Gasteiger partial charge on any atom is 0.345 e. The van der Waals surface area contributed by atoms with Crippen LogP contribution in [0.1, 0.15) is 28.8 Å². The molecule has 1 aromatic carbocycles. The molecule has 2 atom stereocenters. The van der Waals surface area contributed by atoms with Crippen molar-refractivity contribution in [3.05, 3.63) is 78.1 Å². The molecule has 27 heavy (non-hydrogen) atoms. The standard InChI is InChI=1S/C20H20N4O3/c1-2-11-27-24-17-13-23(20(24)26)18(16-6-4-3-5-15(16)17)19(25)22-12-14-7-9-21-10-8-14/h2-10,17-18H,1,11-13H2,(H,22,25)/t17-,18-/m1/s1. The van der Waals surface area contributed by atoms with Crippen molar-refractivity contribution in [2.24, 2.45) is 0 Å². The Morgan fingerprint density at radius 2 is 2.00 bits per heavy atom. The van der Waals surface area contributed by atoms with Crippen LogP contribution in [0.4, 0.5) is 4.79 Å². The second-order valence-corrected chi connectivity index (χ2v) is 6.47. The van der Waals surface area contributed by atoms with Crippen LogP contribution in [0.5, 0.6) is 0 Å². The number of hydrogen-bond acceptors (Lipinski definition) is 4. The second-order valence-electron chi connectivity index (χ2n) is 6.47. The number of nitrogens with zero attached hydrogens (tertiary/aromatic N) is 3. The molecular formula is C20H20N4O3. The van der Waals surface area contributed by atoms with Crippen molar-refractivity contribution in [1.82, 2.24) is 20.3 Å². The van der Waals surface area contributed by atoms with Gasteiger partial charge in [0, 0.05) is 18.9 Å². The fourth-order valence-corrected chi connectivity index (χ4v) is 3.62. The van der Waals surface area contributed by atoms with Gasteiger partial charge in [0.1, 0.15) is 12.1 Å². The third-order valence-corrected chi connectivity index (χ3v) is 4.84. The Kier molecular flexibility index (Phi) is 4.60. The Hall–Kier alpha value is -3.19. The second kappa shape index (κ2) is 7.20. The van der Waals surface area contributed by atoms with Crippen LogP contribution in [0.3, 0.4) is 0 Å². The first-order valence-corrected chi connectivity index (χ1v) is 8.79. The lowest BCUT2D eigenvalue weighted by Gasteiger charge is -2.31. The molecule has 2 aromatic rings. The van der Waals surface area contributed by atoms with Crippen molar-refractivity contribution in [2.75, 3.05) is 13.2 Å². The van der Waals surface area contributed by atoms with Crippen LogP contribution < -0.4 is 5.32 Å². The molecule has 2 bridgehead atoms. The van der Waals surface area contributed by atoms with E-state index in [1.54, 1.807) is 23.4 Å². The molecule has 3 amide bonds. The average Bonchev–Trinajstić information content (AvgIpc) is 2.98. The topological polar surface area (TPSA) is 74.8 Å². The van der Waals surface area contributed by atoms with Gasteiger partial charge in [0.05, 0.1) is 13.2 Å². The minimum atomic E-state index is -0.677. The van der Waals surface area contributed by atoms with Crippen LogP contribution in [0.25, 0.3) is 0 Å². The summed E-state index contributed by atoms with van der Waals surface area (Å²) in [5.74, 6) is -0.211. The molecule has 7 nitrogen and oxygen atoms in total. The molecule has 0 aliphatic carbocycles. The Labute approximate surface area is 157 Å². The van der Waals surface area contributed by atoms with Gasteiger partial charge in [-0.15, -0.1) is 6.58 Å². The van der Waals surface area contributed by atoms with E-state index in [9.17, 15) is 9.59 Å². The first-order valence-electron chi connectivity index (χ1n) is 8.79. The Bertz CT molecular complexity index is 871. The minimum Gasteiger partial charge on any atom is -0.350 e. The number of fused-ring (bicyclic) bond motifs is 4. The molecule has 3 heterocycles. The van der Waals surface area contributed by atoms with Crippen molar-refractivity contribution in [3.63, 3.8) is 0 Å². The number of hydroxylamine groups is 2. The zero-order chi connectivity index (χ0) is 18.8. The van der Waals surface area contributed by atoms with Crippen LogP contribution in [-0.4, -0.2) is 40.0 Å². The van der Waals surface area contributed by atoms with Crippen LogP contribution in [0.2, 0.25) is 0 Å². The predicted octanol–water partition coefficient (Wildman–Crippen LogP) is 2.35. The first kappa shape index (κ1) is 17.2. The van der Waals surface area contributed by atoms with Crippen molar-refractivity contribution < 1.29 is 14.4 Å². The summed E-state index contributed by atoms with van der Waals surface area (Å²) in [6.45, 7) is 4.66. The summed E-state index contributed by atoms with van der Waals surface area (Å²) in [6.07, 6.45) is 4.96. The number of urea groups is 1. The lowest BCUT2D eigenvalue weighted by atomic mass is 9.90. The van der Waals surface area contributed by atoms with E-state index in [0.717, 1.165) is 16.7 Å². The molecule has 1 aromatic heterocycles. The van der Waals surface area contributed by atoms with E-state index in [0.29, 0.717) is 13.1 Å². The minimum absolute atomic E-state index is 0.211. The molecular weight excluding hydrogens is 344 g/mol. The van der Waals surface area contributed by atoms with Gasteiger partial charge in [-0.05, 0) is 28.8 Å². The predicted molar refractivity (Wildman–Crippen MR) is 98.1 cm³/mol. The third kappa shape index (κ3) is 3.06. The van der Waals surface area contributed by atoms with Crippen LogP contribution in [0.15, 0.2) is 61.4 Å². The summed E-state index contributed by atoms with van der Waals surface area (Å²) in [6, 6.07) is 10.1. The highest BCUT2D eigenvalue weighted by Crippen LogP contribution is 2.43. The monoisotopic (exact) mass is 364 g/mol. The molecule has 2 aliphatic heterocycles. The molecule has 4 rings (SSSR count). The van der Waals surface area contributed by atoms with E-state index in [-0.39, 0.29) is 24.6 Å². The maximum atomic E-state index is 13.0. The van der Waals surface area contributed by atoms with Gasteiger partial charge in [-0.25, -0.2) is 4.79 Å². The van der Waals surface area contributed by atoms with Crippen molar-refractivity contribution in [1.29, 1.82) is 0 Å². The normalized spacial score (nSPS) is 20.4.